The SMILES string of the molecule is N#Cc1cnc2[nH]cc(C(=O)c3c(F)ccc(NS(=O)(=O)c4ccccc4)c3F)c2c1. The van der Waals surface area contributed by atoms with Gasteiger partial charge in [-0.15, -0.1) is 0 Å². The number of pyridine rings is 1. The van der Waals surface area contributed by atoms with Gasteiger partial charge in [0.1, 0.15) is 17.5 Å². The van der Waals surface area contributed by atoms with Crippen molar-refractivity contribution in [2.75, 3.05) is 4.72 Å². The van der Waals surface area contributed by atoms with Crippen LogP contribution in [0.4, 0.5) is 14.5 Å². The summed E-state index contributed by atoms with van der Waals surface area (Å²) in [4.78, 5) is 19.5. The Hall–Kier alpha value is -4.10. The number of sulfonamides is 1. The summed E-state index contributed by atoms with van der Waals surface area (Å²) in [7, 11) is -4.16. The minimum Gasteiger partial charge on any atom is -0.345 e. The van der Waals surface area contributed by atoms with E-state index < -0.39 is 38.7 Å². The van der Waals surface area contributed by atoms with Gasteiger partial charge in [-0.2, -0.15) is 5.26 Å². The standard InChI is InChI=1S/C21H12F2N4O3S/c22-16-6-7-17(27-31(29,30)13-4-2-1-3-5-13)19(23)18(16)20(28)15-11-26-21-14(15)8-12(9-24)10-25-21/h1-8,10-11,27H,(H,25,26). The van der Waals surface area contributed by atoms with E-state index in [0.29, 0.717) is 0 Å². The fourth-order valence-electron chi connectivity index (χ4n) is 3.03. The van der Waals surface area contributed by atoms with E-state index in [4.69, 9.17) is 5.26 Å². The Morgan fingerprint density at radius 2 is 1.87 bits per heavy atom. The number of nitriles is 1. The molecule has 0 atom stereocenters. The molecule has 0 aliphatic carbocycles. The summed E-state index contributed by atoms with van der Waals surface area (Å²) in [5.41, 5.74) is -1.21. The highest BCUT2D eigenvalue weighted by atomic mass is 32.2. The molecule has 0 aliphatic heterocycles. The zero-order valence-corrected chi connectivity index (χ0v) is 16.4. The lowest BCUT2D eigenvalue weighted by atomic mass is 10.0. The van der Waals surface area contributed by atoms with E-state index in [1.807, 2.05) is 10.8 Å². The number of halogens is 2. The van der Waals surface area contributed by atoms with Crippen molar-refractivity contribution in [3.63, 3.8) is 0 Å². The smallest absolute Gasteiger partial charge is 0.261 e. The van der Waals surface area contributed by atoms with Gasteiger partial charge in [-0.05, 0) is 30.3 Å². The van der Waals surface area contributed by atoms with Crippen molar-refractivity contribution >= 4 is 32.5 Å². The van der Waals surface area contributed by atoms with Crippen LogP contribution in [0.1, 0.15) is 21.5 Å². The number of nitrogens with zero attached hydrogens (tertiary/aromatic N) is 2. The first-order valence-corrected chi connectivity index (χ1v) is 10.3. The van der Waals surface area contributed by atoms with Crippen LogP contribution in [-0.4, -0.2) is 24.2 Å². The molecule has 2 heterocycles. The van der Waals surface area contributed by atoms with E-state index >= 15 is 4.39 Å². The minimum absolute atomic E-state index is 0.111. The maximum Gasteiger partial charge on any atom is 0.261 e. The summed E-state index contributed by atoms with van der Waals surface area (Å²) >= 11 is 0. The fraction of sp³-hybridized carbons (Fsp3) is 0. The normalized spacial score (nSPS) is 11.3. The molecule has 0 unspecified atom stereocenters. The summed E-state index contributed by atoms with van der Waals surface area (Å²) in [5.74, 6) is -3.55. The van der Waals surface area contributed by atoms with Gasteiger partial charge in [0.2, 0.25) is 5.78 Å². The Balaban J connectivity index is 1.78. The number of nitrogens with one attached hydrogen (secondary N) is 2. The molecule has 0 radical (unpaired) electrons. The molecule has 2 aromatic heterocycles. The zero-order chi connectivity index (χ0) is 22.2. The molecule has 0 saturated carbocycles. The first kappa shape index (κ1) is 20.2. The number of rotatable bonds is 5. The number of fused-ring (bicyclic) bond motifs is 1. The van der Waals surface area contributed by atoms with Crippen molar-refractivity contribution < 1.29 is 22.0 Å². The molecule has 0 amide bonds. The number of anilines is 1. The van der Waals surface area contributed by atoms with Gasteiger partial charge in [0, 0.05) is 23.3 Å². The molecule has 2 N–H and O–H groups in total. The van der Waals surface area contributed by atoms with Crippen molar-refractivity contribution in [2.24, 2.45) is 0 Å². The Kier molecular flexibility index (Phi) is 4.96. The summed E-state index contributed by atoms with van der Waals surface area (Å²) in [6.45, 7) is 0. The lowest BCUT2D eigenvalue weighted by Crippen LogP contribution is -2.16. The van der Waals surface area contributed by atoms with Gasteiger partial charge in [-0.1, -0.05) is 18.2 Å². The van der Waals surface area contributed by atoms with E-state index in [2.05, 4.69) is 9.97 Å². The number of carbonyl (C=O) groups excluding carboxylic acids is 1. The van der Waals surface area contributed by atoms with E-state index in [1.54, 1.807) is 6.07 Å². The topological polar surface area (TPSA) is 116 Å². The number of aromatic nitrogens is 2. The third kappa shape index (κ3) is 3.62. The second kappa shape index (κ2) is 7.62. The third-order valence-electron chi connectivity index (χ3n) is 4.52. The Bertz CT molecular complexity index is 1480. The molecule has 31 heavy (non-hydrogen) atoms. The molecule has 0 saturated heterocycles. The summed E-state index contributed by atoms with van der Waals surface area (Å²) in [5, 5.41) is 9.24. The van der Waals surface area contributed by atoms with Gasteiger partial charge < -0.3 is 4.98 Å². The van der Waals surface area contributed by atoms with Crippen molar-refractivity contribution in [3.8, 4) is 6.07 Å². The second-order valence-corrected chi connectivity index (χ2v) is 8.15. The van der Waals surface area contributed by atoms with Crippen LogP contribution in [0.3, 0.4) is 0 Å². The van der Waals surface area contributed by atoms with Gasteiger partial charge >= 0.3 is 0 Å². The third-order valence-corrected chi connectivity index (χ3v) is 5.90. The van der Waals surface area contributed by atoms with Gasteiger partial charge in [0.15, 0.2) is 5.82 Å². The summed E-state index contributed by atoms with van der Waals surface area (Å²) < 4.78 is 56.6. The van der Waals surface area contributed by atoms with Crippen molar-refractivity contribution in [2.45, 2.75) is 4.90 Å². The quantitative estimate of drug-likeness (QED) is 0.461. The van der Waals surface area contributed by atoms with Gasteiger partial charge in [-0.3, -0.25) is 9.52 Å². The maximum absolute atomic E-state index is 15.1. The van der Waals surface area contributed by atoms with E-state index in [0.717, 1.165) is 12.1 Å². The molecule has 0 aliphatic rings. The molecule has 4 rings (SSSR count). The largest absolute Gasteiger partial charge is 0.345 e. The number of hydrogen-bond donors (Lipinski definition) is 2. The molecule has 0 spiro atoms. The number of carbonyl (C=O) groups is 1. The first-order valence-electron chi connectivity index (χ1n) is 8.79. The van der Waals surface area contributed by atoms with Crippen LogP contribution in [0.25, 0.3) is 11.0 Å². The molecule has 4 aromatic rings. The lowest BCUT2D eigenvalue weighted by molar-refractivity contribution is 0.103. The van der Waals surface area contributed by atoms with Crippen LogP contribution < -0.4 is 4.72 Å². The summed E-state index contributed by atoms with van der Waals surface area (Å²) in [6, 6.07) is 12.1. The van der Waals surface area contributed by atoms with E-state index in [1.165, 1.54) is 42.7 Å². The lowest BCUT2D eigenvalue weighted by Gasteiger charge is -2.12. The van der Waals surface area contributed by atoms with Crippen LogP contribution in [-0.2, 0) is 10.0 Å². The molecule has 7 nitrogen and oxygen atoms in total. The number of benzene rings is 2. The van der Waals surface area contributed by atoms with Crippen LogP contribution >= 0.6 is 0 Å². The number of ketones is 1. The molecular weight excluding hydrogens is 426 g/mol. The minimum atomic E-state index is -4.16. The van der Waals surface area contributed by atoms with Gasteiger partial charge in [-0.25, -0.2) is 22.2 Å². The molecule has 154 valence electrons. The number of hydrogen-bond acceptors (Lipinski definition) is 5. The van der Waals surface area contributed by atoms with Gasteiger partial charge in [0.05, 0.1) is 21.7 Å². The summed E-state index contributed by atoms with van der Waals surface area (Å²) in [6.07, 6.45) is 2.51. The second-order valence-electron chi connectivity index (χ2n) is 6.47. The zero-order valence-electron chi connectivity index (χ0n) is 15.6. The number of H-pyrrole nitrogens is 1. The highest BCUT2D eigenvalue weighted by Crippen LogP contribution is 2.28. The highest BCUT2D eigenvalue weighted by Gasteiger charge is 2.26. The van der Waals surface area contributed by atoms with E-state index in [-0.39, 0.29) is 27.1 Å². The number of aromatic amines is 1. The van der Waals surface area contributed by atoms with Crippen LogP contribution in [0.15, 0.2) is 65.8 Å². The Morgan fingerprint density at radius 3 is 2.58 bits per heavy atom. The molecule has 2 aromatic carbocycles. The van der Waals surface area contributed by atoms with Gasteiger partial charge in [0.25, 0.3) is 10.0 Å². The highest BCUT2D eigenvalue weighted by molar-refractivity contribution is 7.92. The Morgan fingerprint density at radius 1 is 1.13 bits per heavy atom. The van der Waals surface area contributed by atoms with Crippen molar-refractivity contribution in [3.05, 3.63) is 89.2 Å². The van der Waals surface area contributed by atoms with Crippen LogP contribution in [0.5, 0.6) is 0 Å². The predicted molar refractivity (Wildman–Crippen MR) is 108 cm³/mol. The molecule has 0 fully saturated rings. The monoisotopic (exact) mass is 438 g/mol. The maximum atomic E-state index is 15.1. The average Bonchev–Trinajstić information content (AvgIpc) is 3.19. The fourth-order valence-corrected chi connectivity index (χ4v) is 4.11. The van der Waals surface area contributed by atoms with Crippen molar-refractivity contribution in [1.29, 1.82) is 5.26 Å². The molecule has 10 heteroatoms. The average molecular weight is 438 g/mol. The molecular formula is C21H12F2N4O3S. The van der Waals surface area contributed by atoms with E-state index in [9.17, 15) is 17.6 Å². The van der Waals surface area contributed by atoms with Crippen LogP contribution in [0.2, 0.25) is 0 Å². The van der Waals surface area contributed by atoms with Crippen LogP contribution in [0, 0.1) is 23.0 Å². The Labute approximate surface area is 175 Å². The van der Waals surface area contributed by atoms with Crippen molar-refractivity contribution in [1.82, 2.24) is 9.97 Å². The predicted octanol–water partition coefficient (Wildman–Crippen LogP) is 3.74. The molecule has 0 bridgehead atoms. The first-order chi connectivity index (χ1) is 14.8.